The molecule has 0 aliphatic carbocycles. The fourth-order valence-corrected chi connectivity index (χ4v) is 1.66. The molecule has 0 aliphatic rings. The molecule has 2 atom stereocenters. The molecule has 86 valence electrons. The Kier molecular flexibility index (Phi) is 4.82. The van der Waals surface area contributed by atoms with Crippen molar-refractivity contribution in [1.82, 2.24) is 9.78 Å². The lowest BCUT2D eigenvalue weighted by Crippen LogP contribution is -2.22. The van der Waals surface area contributed by atoms with Gasteiger partial charge in [-0.15, -0.1) is 0 Å². The van der Waals surface area contributed by atoms with Crippen molar-refractivity contribution < 1.29 is 0 Å². The van der Waals surface area contributed by atoms with Crippen molar-refractivity contribution in [2.75, 3.05) is 0 Å². The summed E-state index contributed by atoms with van der Waals surface area (Å²) in [5.74, 6) is 0. The monoisotopic (exact) mass is 209 g/mol. The van der Waals surface area contributed by atoms with Gasteiger partial charge >= 0.3 is 0 Å². The highest BCUT2D eigenvalue weighted by Crippen LogP contribution is 2.10. The molecule has 1 aromatic heterocycles. The van der Waals surface area contributed by atoms with Gasteiger partial charge in [-0.1, -0.05) is 20.3 Å². The second-order valence-electron chi connectivity index (χ2n) is 4.30. The van der Waals surface area contributed by atoms with Crippen LogP contribution in [0.4, 0.5) is 0 Å². The fraction of sp³-hybridized carbons (Fsp3) is 0.750. The van der Waals surface area contributed by atoms with Crippen LogP contribution < -0.4 is 5.73 Å². The molecule has 3 nitrogen and oxygen atoms in total. The minimum Gasteiger partial charge on any atom is -0.327 e. The summed E-state index contributed by atoms with van der Waals surface area (Å²) in [6.07, 6.45) is 6.30. The van der Waals surface area contributed by atoms with E-state index in [1.165, 1.54) is 0 Å². The highest BCUT2D eigenvalue weighted by molar-refractivity contribution is 5.01. The third kappa shape index (κ3) is 3.67. The summed E-state index contributed by atoms with van der Waals surface area (Å²) in [5, 5.41) is 4.54. The minimum absolute atomic E-state index is 0.260. The van der Waals surface area contributed by atoms with Gasteiger partial charge in [0, 0.05) is 24.7 Å². The molecule has 2 N–H and O–H groups in total. The first-order valence-corrected chi connectivity index (χ1v) is 5.97. The number of hydrogen-bond donors (Lipinski definition) is 1. The van der Waals surface area contributed by atoms with Crippen molar-refractivity contribution in [2.45, 2.75) is 58.5 Å². The van der Waals surface area contributed by atoms with Gasteiger partial charge in [0.05, 0.1) is 5.69 Å². The molecule has 1 rings (SSSR count). The van der Waals surface area contributed by atoms with Crippen LogP contribution in [0.3, 0.4) is 0 Å². The molecule has 0 radical (unpaired) electrons. The van der Waals surface area contributed by atoms with Gasteiger partial charge in [-0.25, -0.2) is 0 Å². The van der Waals surface area contributed by atoms with Crippen LogP contribution >= 0.6 is 0 Å². The molecule has 1 heterocycles. The topological polar surface area (TPSA) is 43.8 Å². The number of aromatic nitrogens is 2. The van der Waals surface area contributed by atoms with E-state index in [1.54, 1.807) is 0 Å². The number of nitrogens with two attached hydrogens (primary N) is 1. The van der Waals surface area contributed by atoms with Crippen LogP contribution in [0.15, 0.2) is 12.3 Å². The Morgan fingerprint density at radius 3 is 2.80 bits per heavy atom. The van der Waals surface area contributed by atoms with E-state index >= 15 is 0 Å². The predicted molar refractivity (Wildman–Crippen MR) is 63.8 cm³/mol. The van der Waals surface area contributed by atoms with Gasteiger partial charge < -0.3 is 5.73 Å². The van der Waals surface area contributed by atoms with Gasteiger partial charge in [0.1, 0.15) is 0 Å². The van der Waals surface area contributed by atoms with Crippen molar-refractivity contribution >= 4 is 0 Å². The third-order valence-electron chi connectivity index (χ3n) is 2.84. The summed E-state index contributed by atoms with van der Waals surface area (Å²) in [4.78, 5) is 0. The van der Waals surface area contributed by atoms with Crippen LogP contribution in [-0.4, -0.2) is 15.8 Å². The maximum Gasteiger partial charge on any atom is 0.0640 e. The Labute approximate surface area is 92.7 Å². The Balaban J connectivity index is 2.52. The van der Waals surface area contributed by atoms with Crippen molar-refractivity contribution in [3.05, 3.63) is 18.0 Å². The van der Waals surface area contributed by atoms with Crippen LogP contribution in [0.2, 0.25) is 0 Å². The first kappa shape index (κ1) is 12.2. The van der Waals surface area contributed by atoms with E-state index in [-0.39, 0.29) is 6.04 Å². The van der Waals surface area contributed by atoms with E-state index in [9.17, 15) is 0 Å². The molecule has 0 fully saturated rings. The SMILES string of the molecule is CCCC(N)Cc1ccn(C(C)CC)n1. The van der Waals surface area contributed by atoms with Crippen LogP contribution in [0.5, 0.6) is 0 Å². The molecule has 0 aromatic carbocycles. The van der Waals surface area contributed by atoms with Crippen molar-refractivity contribution in [3.8, 4) is 0 Å². The summed E-state index contributed by atoms with van der Waals surface area (Å²) >= 11 is 0. The van der Waals surface area contributed by atoms with Gasteiger partial charge in [-0.2, -0.15) is 5.10 Å². The zero-order chi connectivity index (χ0) is 11.3. The fourth-order valence-electron chi connectivity index (χ4n) is 1.66. The van der Waals surface area contributed by atoms with E-state index in [4.69, 9.17) is 5.73 Å². The second kappa shape index (κ2) is 5.91. The zero-order valence-corrected chi connectivity index (χ0v) is 10.1. The van der Waals surface area contributed by atoms with Gasteiger partial charge in [0.25, 0.3) is 0 Å². The minimum atomic E-state index is 0.260. The molecule has 1 aromatic rings. The van der Waals surface area contributed by atoms with E-state index in [1.807, 2.05) is 4.68 Å². The Hall–Kier alpha value is -0.830. The van der Waals surface area contributed by atoms with Gasteiger partial charge in [-0.3, -0.25) is 4.68 Å². The van der Waals surface area contributed by atoms with E-state index < -0.39 is 0 Å². The van der Waals surface area contributed by atoms with E-state index in [2.05, 4.69) is 38.1 Å². The quantitative estimate of drug-likeness (QED) is 0.782. The zero-order valence-electron chi connectivity index (χ0n) is 10.1. The second-order valence-corrected chi connectivity index (χ2v) is 4.30. The Morgan fingerprint density at radius 2 is 2.20 bits per heavy atom. The number of hydrogen-bond acceptors (Lipinski definition) is 2. The Morgan fingerprint density at radius 1 is 1.47 bits per heavy atom. The lowest BCUT2D eigenvalue weighted by atomic mass is 10.1. The molecule has 0 aliphatic heterocycles. The summed E-state index contributed by atoms with van der Waals surface area (Å²) in [5.41, 5.74) is 7.11. The molecule has 15 heavy (non-hydrogen) atoms. The molecule has 3 heteroatoms. The maximum atomic E-state index is 5.98. The Bertz CT molecular complexity index is 280. The summed E-state index contributed by atoms with van der Waals surface area (Å²) in [6.45, 7) is 6.52. The smallest absolute Gasteiger partial charge is 0.0640 e. The summed E-state index contributed by atoms with van der Waals surface area (Å²) in [6, 6.07) is 2.83. The van der Waals surface area contributed by atoms with Crippen LogP contribution in [-0.2, 0) is 6.42 Å². The van der Waals surface area contributed by atoms with Crippen molar-refractivity contribution in [3.63, 3.8) is 0 Å². The van der Waals surface area contributed by atoms with Crippen LogP contribution in [0, 0.1) is 0 Å². The largest absolute Gasteiger partial charge is 0.327 e. The maximum absolute atomic E-state index is 5.98. The standard InChI is InChI=1S/C12H23N3/c1-4-6-11(13)9-12-7-8-15(14-12)10(3)5-2/h7-8,10-11H,4-6,9,13H2,1-3H3. The van der Waals surface area contributed by atoms with Gasteiger partial charge in [0.15, 0.2) is 0 Å². The summed E-state index contributed by atoms with van der Waals surface area (Å²) < 4.78 is 2.04. The van der Waals surface area contributed by atoms with Gasteiger partial charge in [-0.05, 0) is 25.8 Å². The highest BCUT2D eigenvalue weighted by atomic mass is 15.3. The molecule has 0 spiro atoms. The molecular formula is C12H23N3. The average Bonchev–Trinajstić information content (AvgIpc) is 2.65. The molecule has 0 saturated carbocycles. The lowest BCUT2D eigenvalue weighted by Gasteiger charge is -2.09. The molecule has 2 unspecified atom stereocenters. The van der Waals surface area contributed by atoms with E-state index in [0.29, 0.717) is 6.04 Å². The molecule has 0 bridgehead atoms. The molecular weight excluding hydrogens is 186 g/mol. The van der Waals surface area contributed by atoms with Crippen LogP contribution in [0.1, 0.15) is 51.8 Å². The van der Waals surface area contributed by atoms with Crippen molar-refractivity contribution in [1.29, 1.82) is 0 Å². The van der Waals surface area contributed by atoms with Gasteiger partial charge in [0.2, 0.25) is 0 Å². The third-order valence-corrected chi connectivity index (χ3v) is 2.84. The predicted octanol–water partition coefficient (Wildman–Crippen LogP) is 2.52. The first-order chi connectivity index (χ1) is 7.17. The molecule has 0 amide bonds. The van der Waals surface area contributed by atoms with Crippen molar-refractivity contribution in [2.24, 2.45) is 5.73 Å². The first-order valence-electron chi connectivity index (χ1n) is 5.97. The average molecular weight is 209 g/mol. The van der Waals surface area contributed by atoms with E-state index in [0.717, 1.165) is 31.4 Å². The van der Waals surface area contributed by atoms with Crippen LogP contribution in [0.25, 0.3) is 0 Å². The number of rotatable bonds is 6. The summed E-state index contributed by atoms with van der Waals surface area (Å²) in [7, 11) is 0. The lowest BCUT2D eigenvalue weighted by molar-refractivity contribution is 0.470. The highest BCUT2D eigenvalue weighted by Gasteiger charge is 2.07. The molecule has 0 saturated heterocycles. The number of nitrogens with zero attached hydrogens (tertiary/aromatic N) is 2. The normalized spacial score (nSPS) is 15.2.